The van der Waals surface area contributed by atoms with Crippen molar-refractivity contribution in [2.45, 2.75) is 39.3 Å². The van der Waals surface area contributed by atoms with Crippen LogP contribution in [-0.2, 0) is 30.4 Å². The number of hydrogen-bond donors (Lipinski definition) is 1. The summed E-state index contributed by atoms with van der Waals surface area (Å²) in [5.74, 6) is -1.03. The molecule has 1 aliphatic heterocycles. The molecule has 2 bridgehead atoms. The number of amides is 3. The molecule has 2 aromatic rings. The summed E-state index contributed by atoms with van der Waals surface area (Å²) in [7, 11) is 0. The Kier molecular flexibility index (Phi) is 5.53. The summed E-state index contributed by atoms with van der Waals surface area (Å²) in [4.78, 5) is 63.5. The second-order valence-electron chi connectivity index (χ2n) is 9.94. The Morgan fingerprint density at radius 1 is 1.09 bits per heavy atom. The lowest BCUT2D eigenvalue weighted by Crippen LogP contribution is -2.36. The minimum atomic E-state index is -0.689. The highest BCUT2D eigenvalue weighted by Gasteiger charge is 2.59. The molecule has 0 aromatic carbocycles. The van der Waals surface area contributed by atoms with Crippen LogP contribution in [0.2, 0.25) is 0 Å². The molecule has 3 heterocycles. The van der Waals surface area contributed by atoms with Gasteiger partial charge in [0.05, 0.1) is 24.7 Å². The van der Waals surface area contributed by atoms with E-state index in [0.717, 1.165) is 6.42 Å². The van der Waals surface area contributed by atoms with Crippen LogP contribution >= 0.6 is 0 Å². The van der Waals surface area contributed by atoms with Crippen LogP contribution in [0.3, 0.4) is 0 Å². The SMILES string of the molecule is CC(C)(C)OC(=O)Nc1ncnc2c1ncn2CC(=O)OCCN1C(=O)[C@@H]2[C@H](C1=O)[C@H]1C=C[C@@H]2C1. The molecule has 0 radical (unpaired) electrons. The number of nitrogens with one attached hydrogen (secondary N) is 1. The summed E-state index contributed by atoms with van der Waals surface area (Å²) in [6.45, 7) is 4.97. The highest BCUT2D eigenvalue weighted by molar-refractivity contribution is 6.06. The summed E-state index contributed by atoms with van der Waals surface area (Å²) < 4.78 is 12.0. The Hall–Kier alpha value is -3.83. The minimum absolute atomic E-state index is 0.0344. The van der Waals surface area contributed by atoms with Crippen molar-refractivity contribution in [3.05, 3.63) is 24.8 Å². The Balaban J connectivity index is 1.17. The fraction of sp³-hybridized carbons (Fsp3) is 0.522. The molecule has 184 valence electrons. The maximum absolute atomic E-state index is 12.7. The van der Waals surface area contributed by atoms with Crippen molar-refractivity contribution >= 4 is 40.9 Å². The van der Waals surface area contributed by atoms with E-state index in [0.29, 0.717) is 5.65 Å². The van der Waals surface area contributed by atoms with Gasteiger partial charge in [-0.25, -0.2) is 19.7 Å². The van der Waals surface area contributed by atoms with Gasteiger partial charge in [0.15, 0.2) is 17.0 Å². The van der Waals surface area contributed by atoms with Gasteiger partial charge in [0.25, 0.3) is 0 Å². The Morgan fingerprint density at radius 2 is 1.77 bits per heavy atom. The van der Waals surface area contributed by atoms with Crippen LogP contribution in [-0.4, -0.2) is 67.0 Å². The van der Waals surface area contributed by atoms with Crippen molar-refractivity contribution in [3.8, 4) is 0 Å². The molecule has 35 heavy (non-hydrogen) atoms. The van der Waals surface area contributed by atoms with E-state index in [1.165, 1.54) is 22.1 Å². The van der Waals surface area contributed by atoms with Gasteiger partial charge in [-0.05, 0) is 39.0 Å². The number of carbonyl (C=O) groups is 4. The quantitative estimate of drug-likeness (QED) is 0.368. The predicted octanol–water partition coefficient (Wildman–Crippen LogP) is 1.52. The molecule has 1 N–H and O–H groups in total. The second kappa shape index (κ2) is 8.43. The van der Waals surface area contributed by atoms with Gasteiger partial charge in [-0.1, -0.05) is 12.2 Å². The van der Waals surface area contributed by atoms with E-state index in [1.807, 2.05) is 12.2 Å². The molecule has 1 saturated carbocycles. The maximum atomic E-state index is 12.7. The molecule has 4 atom stereocenters. The third-order valence-corrected chi connectivity index (χ3v) is 6.46. The van der Waals surface area contributed by atoms with E-state index >= 15 is 0 Å². The van der Waals surface area contributed by atoms with Gasteiger partial charge in [0, 0.05) is 0 Å². The standard InChI is InChI=1S/C23H26N6O6/c1-23(2,3)35-22(33)27-18-17-19(25-10-24-18)28(11-26-17)9-14(30)34-7-6-29-20(31)15-12-4-5-13(8-12)16(15)21(29)32/h4-5,10-13,15-16H,6-9H2,1-3H3,(H,24,25,27,33)/t12-,13+,15+,16-. The van der Waals surface area contributed by atoms with E-state index < -0.39 is 17.7 Å². The fourth-order valence-corrected chi connectivity index (χ4v) is 5.11. The van der Waals surface area contributed by atoms with Gasteiger partial charge < -0.3 is 14.0 Å². The molecule has 2 aromatic heterocycles. The molecule has 1 saturated heterocycles. The molecule has 5 rings (SSSR count). The van der Waals surface area contributed by atoms with E-state index in [9.17, 15) is 19.2 Å². The van der Waals surface area contributed by atoms with E-state index in [4.69, 9.17) is 9.47 Å². The van der Waals surface area contributed by atoms with Crippen molar-refractivity contribution in [1.82, 2.24) is 24.4 Å². The third kappa shape index (κ3) is 4.24. The average Bonchev–Trinajstić information content (AvgIpc) is 3.53. The smallest absolute Gasteiger partial charge is 0.413 e. The minimum Gasteiger partial charge on any atom is -0.462 e. The number of esters is 1. The number of anilines is 1. The van der Waals surface area contributed by atoms with Crippen molar-refractivity contribution in [2.24, 2.45) is 23.7 Å². The monoisotopic (exact) mass is 482 g/mol. The first-order valence-corrected chi connectivity index (χ1v) is 11.5. The lowest BCUT2D eigenvalue weighted by molar-refractivity contribution is -0.149. The molecule has 3 amide bonds. The average molecular weight is 482 g/mol. The normalized spacial score (nSPS) is 24.8. The number of fused-ring (bicyclic) bond motifs is 6. The van der Waals surface area contributed by atoms with Gasteiger partial charge >= 0.3 is 12.1 Å². The summed E-state index contributed by atoms with van der Waals surface area (Å²) in [5, 5.41) is 2.53. The lowest BCUT2D eigenvalue weighted by atomic mass is 9.85. The number of hydrogen-bond acceptors (Lipinski definition) is 9. The lowest BCUT2D eigenvalue weighted by Gasteiger charge is -2.19. The maximum Gasteiger partial charge on any atom is 0.413 e. The Labute approximate surface area is 200 Å². The van der Waals surface area contributed by atoms with E-state index in [-0.39, 0.29) is 66.5 Å². The number of aromatic nitrogens is 4. The van der Waals surface area contributed by atoms with E-state index in [2.05, 4.69) is 20.3 Å². The van der Waals surface area contributed by atoms with Crippen LogP contribution in [0.25, 0.3) is 11.2 Å². The van der Waals surface area contributed by atoms with Gasteiger partial charge in [0.2, 0.25) is 11.8 Å². The van der Waals surface area contributed by atoms with Gasteiger partial charge in [-0.3, -0.25) is 24.6 Å². The van der Waals surface area contributed by atoms with E-state index in [1.54, 1.807) is 20.8 Å². The molecule has 2 aliphatic carbocycles. The Bertz CT molecular complexity index is 1220. The van der Waals surface area contributed by atoms with Crippen molar-refractivity contribution in [1.29, 1.82) is 0 Å². The summed E-state index contributed by atoms with van der Waals surface area (Å²) in [6.07, 6.45) is 6.88. The highest BCUT2D eigenvalue weighted by atomic mass is 16.6. The van der Waals surface area contributed by atoms with Gasteiger partial charge in [-0.15, -0.1) is 0 Å². The van der Waals surface area contributed by atoms with Crippen molar-refractivity contribution in [2.75, 3.05) is 18.5 Å². The zero-order valence-corrected chi connectivity index (χ0v) is 19.6. The summed E-state index contributed by atoms with van der Waals surface area (Å²) in [6, 6.07) is 0. The number of imide groups is 1. The number of imidazole rings is 1. The zero-order valence-electron chi connectivity index (χ0n) is 19.6. The Morgan fingerprint density at radius 3 is 2.43 bits per heavy atom. The zero-order chi connectivity index (χ0) is 24.9. The number of likely N-dealkylation sites (tertiary alicyclic amines) is 1. The van der Waals surface area contributed by atoms with Crippen LogP contribution < -0.4 is 5.32 Å². The molecular formula is C23H26N6O6. The van der Waals surface area contributed by atoms with Crippen molar-refractivity contribution < 1.29 is 28.7 Å². The first-order chi connectivity index (χ1) is 16.6. The van der Waals surface area contributed by atoms with Crippen LogP contribution in [0.15, 0.2) is 24.8 Å². The number of nitrogens with zero attached hydrogens (tertiary/aromatic N) is 5. The topological polar surface area (TPSA) is 146 Å². The molecule has 0 unspecified atom stereocenters. The first kappa shape index (κ1) is 22.9. The third-order valence-electron chi connectivity index (χ3n) is 6.46. The molecular weight excluding hydrogens is 456 g/mol. The number of ether oxygens (including phenoxy) is 2. The fourth-order valence-electron chi connectivity index (χ4n) is 5.11. The van der Waals surface area contributed by atoms with Crippen LogP contribution in [0, 0.1) is 23.7 Å². The molecule has 12 nitrogen and oxygen atoms in total. The van der Waals surface area contributed by atoms with Crippen LogP contribution in [0.4, 0.5) is 10.6 Å². The van der Waals surface area contributed by atoms with Crippen molar-refractivity contribution in [3.63, 3.8) is 0 Å². The molecule has 3 aliphatic rings. The van der Waals surface area contributed by atoms with Crippen LogP contribution in [0.5, 0.6) is 0 Å². The number of allylic oxidation sites excluding steroid dienone is 2. The first-order valence-electron chi connectivity index (χ1n) is 11.5. The van der Waals surface area contributed by atoms with Gasteiger partial charge in [0.1, 0.15) is 25.1 Å². The molecule has 12 heteroatoms. The summed E-state index contributed by atoms with van der Waals surface area (Å²) in [5.41, 5.74) is -0.0724. The molecule has 0 spiro atoms. The van der Waals surface area contributed by atoms with Gasteiger partial charge in [-0.2, -0.15) is 0 Å². The number of rotatable bonds is 6. The number of carbonyl (C=O) groups excluding carboxylic acids is 4. The largest absolute Gasteiger partial charge is 0.462 e. The second-order valence-corrected chi connectivity index (χ2v) is 9.94. The molecule has 2 fully saturated rings. The highest BCUT2D eigenvalue weighted by Crippen LogP contribution is 2.52. The predicted molar refractivity (Wildman–Crippen MR) is 121 cm³/mol. The van der Waals surface area contributed by atoms with Crippen LogP contribution in [0.1, 0.15) is 27.2 Å². The summed E-state index contributed by atoms with van der Waals surface area (Å²) >= 11 is 0.